The van der Waals surface area contributed by atoms with Crippen LogP contribution in [0.15, 0.2) is 29.3 Å². The van der Waals surface area contributed by atoms with Crippen molar-refractivity contribution in [3.8, 4) is 0 Å². The first-order valence-corrected chi connectivity index (χ1v) is 7.82. The summed E-state index contributed by atoms with van der Waals surface area (Å²) in [5, 5.41) is 9.18. The van der Waals surface area contributed by atoms with Crippen LogP contribution < -0.4 is 16.0 Å². The van der Waals surface area contributed by atoms with Gasteiger partial charge in [0.25, 0.3) is 0 Å². The Morgan fingerprint density at radius 2 is 2.00 bits per heavy atom. The van der Waals surface area contributed by atoms with E-state index in [4.69, 9.17) is 0 Å². The molecule has 0 aliphatic carbocycles. The molecule has 0 fully saturated rings. The van der Waals surface area contributed by atoms with Gasteiger partial charge in [-0.3, -0.25) is 9.79 Å². The molecule has 1 rings (SSSR count). The maximum atomic E-state index is 12.0. The molecule has 0 aromatic heterocycles. The predicted molar refractivity (Wildman–Crippen MR) is 93.2 cm³/mol. The molecule has 122 valence electrons. The highest BCUT2D eigenvalue weighted by molar-refractivity contribution is 5.95. The Kier molecular flexibility index (Phi) is 7.43. The van der Waals surface area contributed by atoms with Crippen LogP contribution in [-0.2, 0) is 11.2 Å². The van der Waals surface area contributed by atoms with Crippen LogP contribution in [0.5, 0.6) is 0 Å². The number of carbonyl (C=O) groups is 1. The number of benzene rings is 1. The van der Waals surface area contributed by atoms with Gasteiger partial charge in [0.1, 0.15) is 0 Å². The van der Waals surface area contributed by atoms with E-state index in [2.05, 4.69) is 48.6 Å². The Labute approximate surface area is 133 Å². The first-order valence-electron chi connectivity index (χ1n) is 7.82. The van der Waals surface area contributed by atoms with Crippen molar-refractivity contribution >= 4 is 17.6 Å². The highest BCUT2D eigenvalue weighted by Crippen LogP contribution is 2.10. The van der Waals surface area contributed by atoms with Gasteiger partial charge in [0, 0.05) is 18.8 Å². The number of aryl methyl sites for hydroxylation is 1. The molecular weight excluding hydrogens is 276 g/mol. The lowest BCUT2D eigenvalue weighted by molar-refractivity contribution is -0.115. The Bertz CT molecular complexity index is 511. The molecule has 0 heterocycles. The minimum Gasteiger partial charge on any atom is -0.354 e. The molecule has 5 heteroatoms. The van der Waals surface area contributed by atoms with Gasteiger partial charge in [-0.05, 0) is 37.0 Å². The average Bonchev–Trinajstić information content (AvgIpc) is 2.51. The Morgan fingerprint density at radius 3 is 2.59 bits per heavy atom. The van der Waals surface area contributed by atoms with Crippen molar-refractivity contribution in [2.75, 3.05) is 18.9 Å². The predicted octanol–water partition coefficient (Wildman–Crippen LogP) is 2.40. The molecule has 1 aromatic carbocycles. The lowest BCUT2D eigenvalue weighted by Gasteiger charge is -2.20. The van der Waals surface area contributed by atoms with Crippen LogP contribution in [0.3, 0.4) is 0 Å². The van der Waals surface area contributed by atoms with E-state index in [1.165, 1.54) is 5.56 Å². The number of nitrogens with zero attached hydrogens (tertiary/aromatic N) is 1. The van der Waals surface area contributed by atoms with E-state index in [1.54, 1.807) is 7.05 Å². The molecule has 1 unspecified atom stereocenters. The summed E-state index contributed by atoms with van der Waals surface area (Å²) < 4.78 is 0. The standard InChI is InChI=1S/C17H28N4O/c1-6-14-8-7-9-15(10-14)21-16(22)11-19-17(18-5)20-13(4)12(2)3/h7-10,12-13H,6,11H2,1-5H3,(H,21,22)(H2,18,19,20). The van der Waals surface area contributed by atoms with Gasteiger partial charge >= 0.3 is 0 Å². The first-order chi connectivity index (χ1) is 10.5. The molecule has 1 aromatic rings. The summed E-state index contributed by atoms with van der Waals surface area (Å²) in [5.74, 6) is 1.04. The van der Waals surface area contributed by atoms with Gasteiger partial charge in [0.15, 0.2) is 5.96 Å². The fourth-order valence-electron chi connectivity index (χ4n) is 1.82. The van der Waals surface area contributed by atoms with Crippen LogP contribution in [-0.4, -0.2) is 31.5 Å². The Balaban J connectivity index is 2.47. The molecule has 22 heavy (non-hydrogen) atoms. The highest BCUT2D eigenvalue weighted by atomic mass is 16.1. The minimum absolute atomic E-state index is 0.0894. The van der Waals surface area contributed by atoms with Crippen LogP contribution in [0.4, 0.5) is 5.69 Å². The normalized spacial score (nSPS) is 12.9. The largest absolute Gasteiger partial charge is 0.354 e. The van der Waals surface area contributed by atoms with Gasteiger partial charge in [0.05, 0.1) is 6.54 Å². The Morgan fingerprint density at radius 1 is 1.27 bits per heavy atom. The number of hydrogen-bond acceptors (Lipinski definition) is 2. The zero-order valence-corrected chi connectivity index (χ0v) is 14.2. The fraction of sp³-hybridized carbons (Fsp3) is 0.529. The van der Waals surface area contributed by atoms with E-state index < -0.39 is 0 Å². The van der Waals surface area contributed by atoms with Crippen molar-refractivity contribution in [2.45, 2.75) is 40.2 Å². The van der Waals surface area contributed by atoms with E-state index in [1.807, 2.05) is 24.3 Å². The number of nitrogens with one attached hydrogen (secondary N) is 3. The summed E-state index contributed by atoms with van der Waals surface area (Å²) in [6.07, 6.45) is 0.950. The van der Waals surface area contributed by atoms with Crippen molar-refractivity contribution in [2.24, 2.45) is 10.9 Å². The van der Waals surface area contributed by atoms with E-state index in [9.17, 15) is 4.79 Å². The van der Waals surface area contributed by atoms with Crippen LogP contribution in [0.1, 0.15) is 33.3 Å². The van der Waals surface area contributed by atoms with E-state index in [0.29, 0.717) is 11.9 Å². The lowest BCUT2D eigenvalue weighted by Crippen LogP contribution is -2.46. The van der Waals surface area contributed by atoms with Crippen molar-refractivity contribution in [3.05, 3.63) is 29.8 Å². The molecule has 5 nitrogen and oxygen atoms in total. The molecule has 1 amide bonds. The maximum Gasteiger partial charge on any atom is 0.243 e. The third-order valence-corrected chi connectivity index (χ3v) is 3.62. The van der Waals surface area contributed by atoms with Gasteiger partial charge in [0.2, 0.25) is 5.91 Å². The Hall–Kier alpha value is -2.04. The van der Waals surface area contributed by atoms with Gasteiger partial charge in [-0.25, -0.2) is 0 Å². The van der Waals surface area contributed by atoms with E-state index in [0.717, 1.165) is 12.1 Å². The third-order valence-electron chi connectivity index (χ3n) is 3.62. The minimum atomic E-state index is -0.0894. The average molecular weight is 304 g/mol. The molecular formula is C17H28N4O. The number of aliphatic imine (C=N–C) groups is 1. The van der Waals surface area contributed by atoms with Gasteiger partial charge < -0.3 is 16.0 Å². The molecule has 0 radical (unpaired) electrons. The van der Waals surface area contributed by atoms with Crippen LogP contribution in [0.2, 0.25) is 0 Å². The first kappa shape index (κ1) is 18.0. The van der Waals surface area contributed by atoms with Crippen molar-refractivity contribution in [1.29, 1.82) is 0 Å². The summed E-state index contributed by atoms with van der Waals surface area (Å²) >= 11 is 0. The number of anilines is 1. The van der Waals surface area contributed by atoms with Crippen LogP contribution in [0.25, 0.3) is 0 Å². The number of guanidine groups is 1. The lowest BCUT2D eigenvalue weighted by atomic mass is 10.1. The van der Waals surface area contributed by atoms with Crippen molar-refractivity contribution in [3.63, 3.8) is 0 Å². The number of hydrogen-bond donors (Lipinski definition) is 3. The van der Waals surface area contributed by atoms with E-state index in [-0.39, 0.29) is 18.5 Å². The molecule has 0 saturated heterocycles. The molecule has 0 saturated carbocycles. The summed E-state index contributed by atoms with van der Waals surface area (Å²) in [7, 11) is 1.70. The maximum absolute atomic E-state index is 12.0. The molecule has 3 N–H and O–H groups in total. The van der Waals surface area contributed by atoms with Gasteiger partial charge in [-0.15, -0.1) is 0 Å². The monoisotopic (exact) mass is 304 g/mol. The quantitative estimate of drug-likeness (QED) is 0.558. The fourth-order valence-corrected chi connectivity index (χ4v) is 1.82. The number of amides is 1. The summed E-state index contributed by atoms with van der Waals surface area (Å²) in [5.41, 5.74) is 2.03. The molecule has 0 aliphatic rings. The molecule has 0 aliphatic heterocycles. The highest BCUT2D eigenvalue weighted by Gasteiger charge is 2.10. The van der Waals surface area contributed by atoms with Gasteiger partial charge in [-0.1, -0.05) is 32.9 Å². The summed E-state index contributed by atoms with van der Waals surface area (Å²) in [6, 6.07) is 8.17. The topological polar surface area (TPSA) is 65.5 Å². The second-order valence-corrected chi connectivity index (χ2v) is 5.70. The summed E-state index contributed by atoms with van der Waals surface area (Å²) in [6.45, 7) is 8.64. The van der Waals surface area contributed by atoms with Crippen molar-refractivity contribution in [1.82, 2.24) is 10.6 Å². The molecule has 1 atom stereocenters. The molecule has 0 bridgehead atoms. The molecule has 0 spiro atoms. The van der Waals surface area contributed by atoms with Gasteiger partial charge in [-0.2, -0.15) is 0 Å². The SMILES string of the molecule is CCc1cccc(NC(=O)CNC(=NC)NC(C)C(C)C)c1. The summed E-state index contributed by atoms with van der Waals surface area (Å²) in [4.78, 5) is 16.1. The van der Waals surface area contributed by atoms with Crippen molar-refractivity contribution < 1.29 is 4.79 Å². The zero-order chi connectivity index (χ0) is 16.5. The second-order valence-electron chi connectivity index (χ2n) is 5.70. The van der Waals surface area contributed by atoms with Crippen LogP contribution >= 0.6 is 0 Å². The third kappa shape index (κ3) is 6.16. The second kappa shape index (κ2) is 9.07. The smallest absolute Gasteiger partial charge is 0.243 e. The zero-order valence-electron chi connectivity index (χ0n) is 14.2. The van der Waals surface area contributed by atoms with Crippen LogP contribution in [0, 0.1) is 5.92 Å². The number of carbonyl (C=O) groups excluding carboxylic acids is 1. The van der Waals surface area contributed by atoms with E-state index >= 15 is 0 Å². The number of rotatable bonds is 6.